The van der Waals surface area contributed by atoms with Crippen LogP contribution in [0.2, 0.25) is 0 Å². The topological polar surface area (TPSA) is 241 Å². The van der Waals surface area contributed by atoms with Crippen molar-refractivity contribution in [3.63, 3.8) is 0 Å². The third kappa shape index (κ3) is 4.95. The van der Waals surface area contributed by atoms with E-state index in [2.05, 4.69) is 0 Å². The Morgan fingerprint density at radius 3 is 1.26 bits per heavy atom. The van der Waals surface area contributed by atoms with Gasteiger partial charge in [0.2, 0.25) is 9.48 Å². The van der Waals surface area contributed by atoms with E-state index in [1.807, 2.05) is 0 Å². The van der Waals surface area contributed by atoms with Gasteiger partial charge in [-0.15, -0.1) is 0 Å². The Bertz CT molecular complexity index is 1810. The molecule has 0 fully saturated rings. The first kappa shape index (κ1) is 26.7. The maximum absolute atomic E-state index is 12.8. The maximum Gasteiger partial charge on any atom is 0.294 e. The van der Waals surface area contributed by atoms with E-state index in [4.69, 9.17) is 0 Å². The summed E-state index contributed by atoms with van der Waals surface area (Å²) >= 11 is 0.538. The van der Waals surface area contributed by atoms with Crippen LogP contribution in [0, 0.1) is 40.5 Å². The van der Waals surface area contributed by atoms with Gasteiger partial charge in [-0.3, -0.25) is 59.6 Å². The summed E-state index contributed by atoms with van der Waals surface area (Å²) in [5.41, 5.74) is -4.03. The highest BCUT2D eigenvalue weighted by molar-refractivity contribution is 7.17. The van der Waals surface area contributed by atoms with Gasteiger partial charge in [-0.1, -0.05) is 22.7 Å². The minimum atomic E-state index is -1.10. The fourth-order valence-corrected chi connectivity index (χ4v) is 5.49. The van der Waals surface area contributed by atoms with Crippen LogP contribution in [0.5, 0.6) is 0 Å². The Balaban J connectivity index is 1.77. The Morgan fingerprint density at radius 2 is 0.949 bits per heavy atom. The number of nitro benzene ring substituents is 4. The van der Waals surface area contributed by atoms with Crippen molar-refractivity contribution < 1.29 is 29.3 Å². The first-order valence-electron chi connectivity index (χ1n) is 10.2. The van der Waals surface area contributed by atoms with Crippen molar-refractivity contribution in [3.05, 3.63) is 107 Å². The first-order valence-corrected chi connectivity index (χ1v) is 11.8. The second-order valence-corrected chi connectivity index (χ2v) is 9.68. The number of rotatable bonds is 8. The number of benzene rings is 2. The molecule has 0 bridgehead atoms. The quantitative estimate of drug-likeness (QED) is 0.126. The van der Waals surface area contributed by atoms with Crippen LogP contribution in [-0.4, -0.2) is 31.3 Å². The highest BCUT2D eigenvalue weighted by Gasteiger charge is 2.26. The summed E-state index contributed by atoms with van der Waals surface area (Å²) in [7, 11) is 0. The smallest absolute Gasteiger partial charge is 0.293 e. The monoisotopic (exact) mass is 572 g/mol. The number of Topliss-reactive ketones (excluding diaryl/α,β-unsaturated/α-hetero) is 2. The molecule has 0 amide bonds. The summed E-state index contributed by atoms with van der Waals surface area (Å²) in [6, 6.07) is 4.90. The number of carbonyl (C=O) groups excluding carboxylic acids is 2. The largest absolute Gasteiger partial charge is 0.294 e. The van der Waals surface area contributed by atoms with Crippen molar-refractivity contribution in [1.29, 1.82) is 0 Å². The lowest BCUT2D eigenvalue weighted by atomic mass is 10.0. The lowest BCUT2D eigenvalue weighted by molar-refractivity contribution is -0.393. The summed E-state index contributed by atoms with van der Waals surface area (Å²) in [6.07, 6.45) is -1.05. The number of ketones is 2. The summed E-state index contributed by atoms with van der Waals surface area (Å²) in [5.74, 6) is -2.21. The van der Waals surface area contributed by atoms with Crippen molar-refractivity contribution in [1.82, 2.24) is 0 Å². The normalized spacial score (nSPS) is 10.9. The molecule has 0 saturated carbocycles. The molecule has 16 nitrogen and oxygen atoms in total. The van der Waals surface area contributed by atoms with Gasteiger partial charge < -0.3 is 0 Å². The van der Waals surface area contributed by atoms with Crippen LogP contribution in [-0.2, 0) is 0 Å². The molecule has 39 heavy (non-hydrogen) atoms. The fraction of sp³-hybridized carbons (Fsp3) is 0.0476. The Hall–Kier alpha value is -5.36. The lowest BCUT2D eigenvalue weighted by Gasteiger charge is -2.05. The average molecular weight is 572 g/mol. The molecule has 0 radical (unpaired) electrons. The zero-order chi connectivity index (χ0) is 28.8. The van der Waals surface area contributed by atoms with Crippen LogP contribution in [0.25, 0.3) is 20.2 Å². The molecule has 0 aliphatic heterocycles. The molecular weight excluding hydrogens is 564 g/mol. The molecule has 2 heterocycles. The van der Waals surface area contributed by atoms with Gasteiger partial charge in [0.15, 0.2) is 11.6 Å². The van der Waals surface area contributed by atoms with E-state index in [9.17, 15) is 59.6 Å². The molecule has 18 heteroatoms. The fourth-order valence-electron chi connectivity index (χ4n) is 3.61. The highest BCUT2D eigenvalue weighted by atomic mass is 32.1. The Kier molecular flexibility index (Phi) is 6.73. The van der Waals surface area contributed by atoms with Crippen LogP contribution in [0.3, 0.4) is 0 Å². The minimum absolute atomic E-state index is 0.173. The van der Waals surface area contributed by atoms with Gasteiger partial charge in [0.05, 0.1) is 49.4 Å². The SMILES string of the molecule is O=C(CC(=O)c1cc2cc([N+](=O)[O-])cc([N+](=O)[O-])c2sc1=O)c1cc2cc([N+](=O)[O-])cc([N+](=O)[O-])c2sc1=O. The zero-order valence-electron chi connectivity index (χ0n) is 18.7. The van der Waals surface area contributed by atoms with Crippen molar-refractivity contribution in [3.8, 4) is 0 Å². The van der Waals surface area contributed by atoms with E-state index in [-0.39, 0.29) is 42.8 Å². The number of nitrogens with zero attached hydrogens (tertiary/aromatic N) is 4. The second-order valence-electron chi connectivity index (χ2n) is 7.71. The standard InChI is InChI=1S/C21H8N4O12S2/c26-16(12-3-8-1-10(22(30)31)5-14(24(34)35)18(8)38-20(12)28)7-17(27)13-4-9-2-11(23(32)33)6-15(25(36)37)19(9)39-21(13)29/h1-6H,7H2. The summed E-state index contributed by atoms with van der Waals surface area (Å²) in [6.45, 7) is 0. The van der Waals surface area contributed by atoms with Gasteiger partial charge in [0, 0.05) is 22.9 Å². The van der Waals surface area contributed by atoms with Crippen LogP contribution in [0.15, 0.2) is 46.0 Å². The molecule has 0 unspecified atom stereocenters. The summed E-state index contributed by atoms with van der Waals surface area (Å²) < 4.78 is -2.43. The van der Waals surface area contributed by atoms with E-state index in [0.717, 1.165) is 24.3 Å². The van der Waals surface area contributed by atoms with E-state index >= 15 is 0 Å². The average Bonchev–Trinajstić information content (AvgIpc) is 2.86. The summed E-state index contributed by atoms with van der Waals surface area (Å²) in [5, 5.41) is 44.6. The maximum atomic E-state index is 12.8. The molecule has 196 valence electrons. The van der Waals surface area contributed by atoms with Crippen LogP contribution >= 0.6 is 22.7 Å². The predicted molar refractivity (Wildman–Crippen MR) is 136 cm³/mol. The van der Waals surface area contributed by atoms with Gasteiger partial charge in [-0.2, -0.15) is 0 Å². The van der Waals surface area contributed by atoms with Crippen LogP contribution in [0.4, 0.5) is 22.7 Å². The van der Waals surface area contributed by atoms with E-state index < -0.39 is 81.0 Å². The van der Waals surface area contributed by atoms with Crippen LogP contribution < -0.4 is 9.48 Å². The molecule has 0 atom stereocenters. The number of fused-ring (bicyclic) bond motifs is 2. The van der Waals surface area contributed by atoms with E-state index in [1.165, 1.54) is 0 Å². The van der Waals surface area contributed by atoms with Gasteiger partial charge in [0.1, 0.15) is 9.40 Å². The van der Waals surface area contributed by atoms with Crippen molar-refractivity contribution in [2.45, 2.75) is 6.42 Å². The van der Waals surface area contributed by atoms with Gasteiger partial charge in [-0.05, 0) is 12.1 Å². The number of hydrogen-bond donors (Lipinski definition) is 0. The Morgan fingerprint density at radius 1 is 0.590 bits per heavy atom. The number of hydrogen-bond acceptors (Lipinski definition) is 14. The van der Waals surface area contributed by atoms with E-state index in [1.54, 1.807) is 0 Å². The molecule has 0 aliphatic carbocycles. The number of non-ortho nitro benzene ring substituents is 4. The predicted octanol–water partition coefficient (Wildman–Crippen LogP) is 3.92. The van der Waals surface area contributed by atoms with Gasteiger partial charge in [0.25, 0.3) is 22.7 Å². The van der Waals surface area contributed by atoms with Gasteiger partial charge >= 0.3 is 0 Å². The third-order valence-electron chi connectivity index (χ3n) is 5.33. The van der Waals surface area contributed by atoms with Crippen molar-refractivity contribution >= 4 is 77.2 Å². The molecule has 0 spiro atoms. The number of carbonyl (C=O) groups is 2. The second kappa shape index (κ2) is 9.84. The third-order valence-corrected chi connectivity index (χ3v) is 7.44. The molecule has 0 aliphatic rings. The van der Waals surface area contributed by atoms with Gasteiger partial charge in [-0.25, -0.2) is 0 Å². The highest BCUT2D eigenvalue weighted by Crippen LogP contribution is 2.34. The first-order chi connectivity index (χ1) is 18.3. The molecule has 0 N–H and O–H groups in total. The van der Waals surface area contributed by atoms with Crippen molar-refractivity contribution in [2.75, 3.05) is 0 Å². The summed E-state index contributed by atoms with van der Waals surface area (Å²) in [4.78, 5) is 92.1. The minimum Gasteiger partial charge on any atom is -0.293 e. The molecular formula is C21H8N4O12S2. The molecule has 2 aromatic carbocycles. The molecule has 4 aromatic rings. The molecule has 2 aromatic heterocycles. The lowest BCUT2D eigenvalue weighted by Crippen LogP contribution is -2.19. The zero-order valence-corrected chi connectivity index (χ0v) is 20.3. The van der Waals surface area contributed by atoms with Crippen LogP contribution in [0.1, 0.15) is 27.1 Å². The molecule has 4 rings (SSSR count). The van der Waals surface area contributed by atoms with Crippen molar-refractivity contribution in [2.24, 2.45) is 0 Å². The molecule has 0 saturated heterocycles. The Labute approximate surface area is 220 Å². The van der Waals surface area contributed by atoms with E-state index in [0.29, 0.717) is 12.1 Å². The number of nitro groups is 4.